The molecule has 4 heteroatoms. The summed E-state index contributed by atoms with van der Waals surface area (Å²) in [6, 6.07) is 12.7. The van der Waals surface area contributed by atoms with E-state index in [1.54, 1.807) is 30.3 Å². The van der Waals surface area contributed by atoms with Crippen molar-refractivity contribution in [3.8, 4) is 11.5 Å². The molecule has 0 fully saturated rings. The molecule has 0 amide bonds. The first-order valence-electron chi connectivity index (χ1n) is 5.62. The monoisotopic (exact) mass is 244 g/mol. The Morgan fingerprint density at radius 2 is 1.56 bits per heavy atom. The van der Waals surface area contributed by atoms with Crippen molar-refractivity contribution in [1.29, 1.82) is 0 Å². The van der Waals surface area contributed by atoms with Gasteiger partial charge >= 0.3 is 0 Å². The van der Waals surface area contributed by atoms with Crippen LogP contribution in [0.3, 0.4) is 0 Å². The van der Waals surface area contributed by atoms with E-state index in [2.05, 4.69) is 0 Å². The van der Waals surface area contributed by atoms with Gasteiger partial charge in [-0.05, 0) is 55.0 Å². The van der Waals surface area contributed by atoms with Gasteiger partial charge in [-0.1, -0.05) is 0 Å². The number of hydrogen-bond donors (Lipinski definition) is 2. The Bertz CT molecular complexity index is 524. The lowest BCUT2D eigenvalue weighted by atomic mass is 10.2. The van der Waals surface area contributed by atoms with Crippen LogP contribution < -0.4 is 20.9 Å². The van der Waals surface area contributed by atoms with E-state index >= 15 is 0 Å². The summed E-state index contributed by atoms with van der Waals surface area (Å²) in [5.74, 6) is 1.48. The van der Waals surface area contributed by atoms with E-state index < -0.39 is 0 Å². The largest absolute Gasteiger partial charge is 0.457 e. The Morgan fingerprint density at radius 1 is 0.889 bits per heavy atom. The van der Waals surface area contributed by atoms with Gasteiger partial charge in [0, 0.05) is 11.4 Å². The van der Waals surface area contributed by atoms with Crippen molar-refractivity contribution in [3.63, 3.8) is 0 Å². The third-order valence-corrected chi connectivity index (χ3v) is 2.52. The number of nitrogens with two attached hydrogens (primary N) is 2. The molecule has 2 rings (SSSR count). The van der Waals surface area contributed by atoms with Crippen LogP contribution in [0.25, 0.3) is 0 Å². The van der Waals surface area contributed by atoms with Gasteiger partial charge in [0.2, 0.25) is 6.79 Å². The van der Waals surface area contributed by atoms with Crippen molar-refractivity contribution in [2.24, 2.45) is 0 Å². The van der Waals surface area contributed by atoms with Gasteiger partial charge in [0.1, 0.15) is 11.5 Å². The molecule has 0 unspecified atom stereocenters. The molecule has 0 aliphatic heterocycles. The summed E-state index contributed by atoms with van der Waals surface area (Å²) < 4.78 is 11.0. The molecule has 2 aromatic carbocycles. The van der Waals surface area contributed by atoms with Crippen LogP contribution in [-0.4, -0.2) is 6.79 Å². The van der Waals surface area contributed by atoms with E-state index in [9.17, 15) is 0 Å². The minimum absolute atomic E-state index is 0.147. The van der Waals surface area contributed by atoms with E-state index in [4.69, 9.17) is 20.9 Å². The minimum atomic E-state index is 0.147. The molecule has 0 atom stereocenters. The normalized spacial score (nSPS) is 10.1. The molecule has 0 saturated carbocycles. The summed E-state index contributed by atoms with van der Waals surface area (Å²) in [5.41, 5.74) is 13.7. The van der Waals surface area contributed by atoms with Crippen LogP contribution in [-0.2, 0) is 0 Å². The Kier molecular flexibility index (Phi) is 3.57. The van der Waals surface area contributed by atoms with E-state index in [0.29, 0.717) is 5.69 Å². The summed E-state index contributed by atoms with van der Waals surface area (Å²) in [5, 5.41) is 0. The first-order chi connectivity index (χ1) is 8.65. The highest BCUT2D eigenvalue weighted by Gasteiger charge is 2.00. The molecular weight excluding hydrogens is 228 g/mol. The molecule has 18 heavy (non-hydrogen) atoms. The Balaban J connectivity index is 1.90. The van der Waals surface area contributed by atoms with Gasteiger partial charge in [0.15, 0.2) is 0 Å². The summed E-state index contributed by atoms with van der Waals surface area (Å²) in [7, 11) is 0. The number of hydrogen-bond acceptors (Lipinski definition) is 4. The average Bonchev–Trinajstić information content (AvgIpc) is 2.34. The van der Waals surface area contributed by atoms with Gasteiger partial charge in [-0.25, -0.2) is 0 Å². The SMILES string of the molecule is Cc1cc(N)ccc1OCOc1ccc(N)cc1. The van der Waals surface area contributed by atoms with Gasteiger partial charge in [-0.3, -0.25) is 0 Å². The summed E-state index contributed by atoms with van der Waals surface area (Å²) in [4.78, 5) is 0. The molecule has 0 radical (unpaired) electrons. The van der Waals surface area contributed by atoms with Crippen LogP contribution >= 0.6 is 0 Å². The van der Waals surface area contributed by atoms with Crippen molar-refractivity contribution in [3.05, 3.63) is 48.0 Å². The highest BCUT2D eigenvalue weighted by atomic mass is 16.7. The molecule has 4 nitrogen and oxygen atoms in total. The second-order valence-electron chi connectivity index (χ2n) is 4.00. The number of benzene rings is 2. The molecule has 0 aliphatic carbocycles. The maximum absolute atomic E-state index is 5.66. The number of rotatable bonds is 4. The van der Waals surface area contributed by atoms with Gasteiger partial charge in [-0.2, -0.15) is 0 Å². The topological polar surface area (TPSA) is 70.5 Å². The molecule has 0 bridgehead atoms. The van der Waals surface area contributed by atoms with Gasteiger partial charge < -0.3 is 20.9 Å². The van der Waals surface area contributed by atoms with Crippen LogP contribution in [0, 0.1) is 6.92 Å². The molecular formula is C14H16N2O2. The quantitative estimate of drug-likeness (QED) is 0.640. The van der Waals surface area contributed by atoms with Crippen molar-refractivity contribution in [1.82, 2.24) is 0 Å². The van der Waals surface area contributed by atoms with Crippen LogP contribution in [0.4, 0.5) is 11.4 Å². The lowest BCUT2D eigenvalue weighted by molar-refractivity contribution is 0.119. The highest BCUT2D eigenvalue weighted by molar-refractivity contribution is 5.47. The Morgan fingerprint density at radius 3 is 2.22 bits per heavy atom. The first kappa shape index (κ1) is 12.1. The number of nitrogen functional groups attached to an aromatic ring is 2. The zero-order valence-corrected chi connectivity index (χ0v) is 10.2. The zero-order chi connectivity index (χ0) is 13.0. The third kappa shape index (κ3) is 3.07. The first-order valence-corrected chi connectivity index (χ1v) is 5.62. The maximum atomic E-state index is 5.66. The fourth-order valence-electron chi connectivity index (χ4n) is 1.56. The van der Waals surface area contributed by atoms with E-state index in [1.165, 1.54) is 0 Å². The third-order valence-electron chi connectivity index (χ3n) is 2.52. The van der Waals surface area contributed by atoms with E-state index in [0.717, 1.165) is 22.7 Å². The maximum Gasteiger partial charge on any atom is 0.230 e. The van der Waals surface area contributed by atoms with Gasteiger partial charge in [-0.15, -0.1) is 0 Å². The fraction of sp³-hybridized carbons (Fsp3) is 0.143. The predicted octanol–water partition coefficient (Wildman–Crippen LogP) is 2.57. The van der Waals surface area contributed by atoms with Crippen LogP contribution in [0.2, 0.25) is 0 Å². The number of aryl methyl sites for hydroxylation is 1. The molecule has 0 saturated heterocycles. The molecule has 0 spiro atoms. The van der Waals surface area contributed by atoms with Crippen molar-refractivity contribution >= 4 is 11.4 Å². The average molecular weight is 244 g/mol. The van der Waals surface area contributed by atoms with E-state index in [-0.39, 0.29) is 6.79 Å². The van der Waals surface area contributed by atoms with Crippen LogP contribution in [0.1, 0.15) is 5.56 Å². The second kappa shape index (κ2) is 5.31. The van der Waals surface area contributed by atoms with Crippen molar-refractivity contribution < 1.29 is 9.47 Å². The summed E-state index contributed by atoms with van der Waals surface area (Å²) in [6.07, 6.45) is 0. The predicted molar refractivity (Wildman–Crippen MR) is 72.6 cm³/mol. The molecule has 94 valence electrons. The molecule has 0 aliphatic rings. The standard InChI is InChI=1S/C14H16N2O2/c1-10-8-12(16)4-7-14(10)18-9-17-13-5-2-11(15)3-6-13/h2-8H,9,15-16H2,1H3. The smallest absolute Gasteiger partial charge is 0.230 e. The summed E-state index contributed by atoms with van der Waals surface area (Å²) >= 11 is 0. The summed E-state index contributed by atoms with van der Waals surface area (Å²) in [6.45, 7) is 2.09. The van der Waals surface area contributed by atoms with Gasteiger partial charge in [0.05, 0.1) is 0 Å². The zero-order valence-electron chi connectivity index (χ0n) is 10.2. The van der Waals surface area contributed by atoms with Crippen molar-refractivity contribution in [2.75, 3.05) is 18.3 Å². The van der Waals surface area contributed by atoms with Gasteiger partial charge in [0.25, 0.3) is 0 Å². The molecule has 2 aromatic rings. The van der Waals surface area contributed by atoms with Crippen molar-refractivity contribution in [2.45, 2.75) is 6.92 Å². The Hall–Kier alpha value is -2.36. The molecule has 4 N–H and O–H groups in total. The Labute approximate surface area is 106 Å². The highest BCUT2D eigenvalue weighted by Crippen LogP contribution is 2.20. The molecule has 0 heterocycles. The number of ether oxygens (including phenoxy) is 2. The molecule has 0 aromatic heterocycles. The van der Waals surface area contributed by atoms with Crippen LogP contribution in [0.15, 0.2) is 42.5 Å². The van der Waals surface area contributed by atoms with Crippen LogP contribution in [0.5, 0.6) is 11.5 Å². The van der Waals surface area contributed by atoms with E-state index in [1.807, 2.05) is 19.1 Å². The second-order valence-corrected chi connectivity index (χ2v) is 4.00. The fourth-order valence-corrected chi connectivity index (χ4v) is 1.56. The lowest BCUT2D eigenvalue weighted by Gasteiger charge is -2.11. The lowest BCUT2D eigenvalue weighted by Crippen LogP contribution is -2.06. The minimum Gasteiger partial charge on any atom is -0.457 e. The number of anilines is 2.